The van der Waals surface area contributed by atoms with Gasteiger partial charge in [-0.25, -0.2) is 4.98 Å². The molecule has 5 heteroatoms. The van der Waals surface area contributed by atoms with Crippen molar-refractivity contribution >= 4 is 11.7 Å². The molecule has 1 aromatic rings. The standard InChI is InChI=1S/C14H21N3O2/c1-10-8-17(9-14(2,3)19-10)13(18)11-5-6-16-12(7-11)15-4/h5-7,10H,8-9H2,1-4H3,(H,15,16). The van der Waals surface area contributed by atoms with Gasteiger partial charge in [-0.2, -0.15) is 0 Å². The number of pyridine rings is 1. The molecule has 2 rings (SSSR count). The van der Waals surface area contributed by atoms with Gasteiger partial charge in [0.05, 0.1) is 11.7 Å². The van der Waals surface area contributed by atoms with Crippen LogP contribution in [0, 0.1) is 0 Å². The molecular weight excluding hydrogens is 242 g/mol. The van der Waals surface area contributed by atoms with Gasteiger partial charge in [0.2, 0.25) is 0 Å². The van der Waals surface area contributed by atoms with Gasteiger partial charge in [0.15, 0.2) is 0 Å². The predicted molar refractivity (Wildman–Crippen MR) is 74.3 cm³/mol. The third-order valence-corrected chi connectivity index (χ3v) is 3.12. The summed E-state index contributed by atoms with van der Waals surface area (Å²) in [6.07, 6.45) is 1.70. The second kappa shape index (κ2) is 5.17. The summed E-state index contributed by atoms with van der Waals surface area (Å²) >= 11 is 0. The van der Waals surface area contributed by atoms with Crippen LogP contribution in [0.25, 0.3) is 0 Å². The fourth-order valence-corrected chi connectivity index (χ4v) is 2.49. The molecular formula is C14H21N3O2. The SMILES string of the molecule is CNc1cc(C(=O)N2CC(C)OC(C)(C)C2)ccn1. The number of aromatic nitrogens is 1. The topological polar surface area (TPSA) is 54.5 Å². The number of nitrogens with one attached hydrogen (secondary N) is 1. The average molecular weight is 263 g/mol. The van der Waals surface area contributed by atoms with Gasteiger partial charge in [-0.3, -0.25) is 4.79 Å². The van der Waals surface area contributed by atoms with Crippen molar-refractivity contribution in [3.05, 3.63) is 23.9 Å². The highest BCUT2D eigenvalue weighted by Gasteiger charge is 2.34. The molecule has 19 heavy (non-hydrogen) atoms. The lowest BCUT2D eigenvalue weighted by atomic mass is 10.0. The van der Waals surface area contributed by atoms with Gasteiger partial charge >= 0.3 is 0 Å². The molecule has 1 N–H and O–H groups in total. The summed E-state index contributed by atoms with van der Waals surface area (Å²) in [5.74, 6) is 0.730. The smallest absolute Gasteiger partial charge is 0.254 e. The van der Waals surface area contributed by atoms with Crippen LogP contribution in [0.15, 0.2) is 18.3 Å². The number of nitrogens with zero attached hydrogens (tertiary/aromatic N) is 2. The molecule has 0 bridgehead atoms. The first-order valence-electron chi connectivity index (χ1n) is 6.52. The third-order valence-electron chi connectivity index (χ3n) is 3.12. The maximum Gasteiger partial charge on any atom is 0.254 e. The summed E-state index contributed by atoms with van der Waals surface area (Å²) in [7, 11) is 1.79. The highest BCUT2D eigenvalue weighted by Crippen LogP contribution is 2.22. The Morgan fingerprint density at radius 3 is 2.95 bits per heavy atom. The van der Waals surface area contributed by atoms with Crippen molar-refractivity contribution in [2.75, 3.05) is 25.5 Å². The number of carbonyl (C=O) groups excluding carboxylic acids is 1. The van der Waals surface area contributed by atoms with Crippen molar-refractivity contribution in [3.8, 4) is 0 Å². The van der Waals surface area contributed by atoms with E-state index in [-0.39, 0.29) is 17.6 Å². The van der Waals surface area contributed by atoms with Crippen LogP contribution in [0.5, 0.6) is 0 Å². The van der Waals surface area contributed by atoms with E-state index in [4.69, 9.17) is 4.74 Å². The molecule has 1 unspecified atom stereocenters. The predicted octanol–water partition coefficient (Wildman–Crippen LogP) is 1.76. The highest BCUT2D eigenvalue weighted by atomic mass is 16.5. The number of anilines is 1. The van der Waals surface area contributed by atoms with Crippen LogP contribution in [0.2, 0.25) is 0 Å². The zero-order valence-corrected chi connectivity index (χ0v) is 11.9. The monoisotopic (exact) mass is 263 g/mol. The summed E-state index contributed by atoms with van der Waals surface area (Å²) in [6.45, 7) is 7.24. The first-order valence-corrected chi connectivity index (χ1v) is 6.52. The largest absolute Gasteiger partial charge is 0.373 e. The molecule has 1 fully saturated rings. The number of ether oxygens (including phenoxy) is 1. The molecule has 0 saturated carbocycles. The van der Waals surface area contributed by atoms with Gasteiger partial charge in [0.1, 0.15) is 5.82 Å². The van der Waals surface area contributed by atoms with E-state index in [0.29, 0.717) is 24.5 Å². The van der Waals surface area contributed by atoms with E-state index >= 15 is 0 Å². The normalized spacial score (nSPS) is 22.1. The highest BCUT2D eigenvalue weighted by molar-refractivity contribution is 5.95. The Kier molecular flexibility index (Phi) is 3.75. The first-order chi connectivity index (χ1) is 8.91. The third kappa shape index (κ3) is 3.23. The average Bonchev–Trinajstić information content (AvgIpc) is 2.35. The van der Waals surface area contributed by atoms with Crippen molar-refractivity contribution in [1.82, 2.24) is 9.88 Å². The molecule has 1 aliphatic heterocycles. The van der Waals surface area contributed by atoms with E-state index in [1.54, 1.807) is 25.4 Å². The number of hydrogen-bond donors (Lipinski definition) is 1. The molecule has 104 valence electrons. The Hall–Kier alpha value is -1.62. The van der Waals surface area contributed by atoms with E-state index in [1.165, 1.54) is 0 Å². The van der Waals surface area contributed by atoms with Crippen molar-refractivity contribution in [2.24, 2.45) is 0 Å². The lowest BCUT2D eigenvalue weighted by Gasteiger charge is -2.41. The summed E-state index contributed by atoms with van der Waals surface area (Å²) in [4.78, 5) is 18.5. The van der Waals surface area contributed by atoms with Crippen molar-refractivity contribution < 1.29 is 9.53 Å². The minimum atomic E-state index is -0.299. The van der Waals surface area contributed by atoms with E-state index in [2.05, 4.69) is 10.3 Å². The Morgan fingerprint density at radius 1 is 1.58 bits per heavy atom. The van der Waals surface area contributed by atoms with E-state index < -0.39 is 0 Å². The summed E-state index contributed by atoms with van der Waals surface area (Å²) in [5, 5.41) is 2.94. The van der Waals surface area contributed by atoms with Gasteiger partial charge in [-0.05, 0) is 32.9 Å². The van der Waals surface area contributed by atoms with Crippen molar-refractivity contribution in [1.29, 1.82) is 0 Å². The van der Waals surface area contributed by atoms with Crippen LogP contribution in [-0.2, 0) is 4.74 Å². The molecule has 0 aromatic carbocycles. The van der Waals surface area contributed by atoms with Crippen LogP contribution >= 0.6 is 0 Å². The fourth-order valence-electron chi connectivity index (χ4n) is 2.49. The number of hydrogen-bond acceptors (Lipinski definition) is 4. The number of amides is 1. The number of morpholine rings is 1. The lowest BCUT2D eigenvalue weighted by Crippen LogP contribution is -2.53. The zero-order chi connectivity index (χ0) is 14.0. The van der Waals surface area contributed by atoms with Gasteiger partial charge in [0, 0.05) is 31.9 Å². The van der Waals surface area contributed by atoms with Crippen LogP contribution < -0.4 is 5.32 Å². The van der Waals surface area contributed by atoms with Gasteiger partial charge in [-0.1, -0.05) is 0 Å². The molecule has 1 aromatic heterocycles. The summed E-state index contributed by atoms with van der Waals surface area (Å²) < 4.78 is 5.82. The van der Waals surface area contributed by atoms with Crippen LogP contribution in [0.3, 0.4) is 0 Å². The maximum atomic E-state index is 12.5. The molecule has 1 saturated heterocycles. The summed E-state index contributed by atoms with van der Waals surface area (Å²) in [5.41, 5.74) is 0.357. The molecule has 5 nitrogen and oxygen atoms in total. The van der Waals surface area contributed by atoms with Crippen LogP contribution in [-0.4, -0.2) is 47.6 Å². The van der Waals surface area contributed by atoms with Gasteiger partial charge < -0.3 is 15.0 Å². The molecule has 0 aliphatic carbocycles. The Labute approximate surface area is 114 Å². The van der Waals surface area contributed by atoms with E-state index in [9.17, 15) is 4.79 Å². The molecule has 1 amide bonds. The fraction of sp³-hybridized carbons (Fsp3) is 0.571. The Morgan fingerprint density at radius 2 is 2.32 bits per heavy atom. The molecule has 0 spiro atoms. The van der Waals surface area contributed by atoms with Crippen LogP contribution in [0.4, 0.5) is 5.82 Å². The zero-order valence-electron chi connectivity index (χ0n) is 11.9. The minimum Gasteiger partial charge on any atom is -0.373 e. The number of rotatable bonds is 2. The minimum absolute atomic E-state index is 0.0297. The Bertz CT molecular complexity index is 474. The van der Waals surface area contributed by atoms with Gasteiger partial charge in [0.25, 0.3) is 5.91 Å². The second-order valence-corrected chi connectivity index (χ2v) is 5.55. The second-order valence-electron chi connectivity index (χ2n) is 5.55. The lowest BCUT2D eigenvalue weighted by molar-refractivity contribution is -0.118. The van der Waals surface area contributed by atoms with E-state index in [0.717, 1.165) is 0 Å². The Balaban J connectivity index is 2.18. The quantitative estimate of drug-likeness (QED) is 0.883. The molecule has 1 atom stereocenters. The van der Waals surface area contributed by atoms with Crippen LogP contribution in [0.1, 0.15) is 31.1 Å². The molecule has 1 aliphatic rings. The van der Waals surface area contributed by atoms with Crippen molar-refractivity contribution in [3.63, 3.8) is 0 Å². The van der Waals surface area contributed by atoms with Gasteiger partial charge in [-0.15, -0.1) is 0 Å². The summed E-state index contributed by atoms with van der Waals surface area (Å²) in [6, 6.07) is 3.52. The maximum absolute atomic E-state index is 12.5. The number of carbonyl (C=O) groups is 1. The first kappa shape index (κ1) is 13.8. The van der Waals surface area contributed by atoms with E-state index in [1.807, 2.05) is 25.7 Å². The molecule has 2 heterocycles. The molecule has 0 radical (unpaired) electrons. The van der Waals surface area contributed by atoms with Crippen molar-refractivity contribution in [2.45, 2.75) is 32.5 Å².